The van der Waals surface area contributed by atoms with Crippen LogP contribution in [0, 0.1) is 20.8 Å². The van der Waals surface area contributed by atoms with Crippen LogP contribution in [0.2, 0.25) is 0 Å². The van der Waals surface area contributed by atoms with Crippen LogP contribution in [-0.4, -0.2) is 12.6 Å². The summed E-state index contributed by atoms with van der Waals surface area (Å²) in [5, 5.41) is 0. The molecule has 2 nitrogen and oxygen atoms in total. The van der Waals surface area contributed by atoms with Crippen LogP contribution in [0.5, 0.6) is 0 Å². The molecule has 0 spiro atoms. The van der Waals surface area contributed by atoms with Crippen LogP contribution in [0.3, 0.4) is 0 Å². The van der Waals surface area contributed by atoms with Gasteiger partial charge in [-0.3, -0.25) is 0 Å². The molecule has 0 amide bonds. The van der Waals surface area contributed by atoms with E-state index < -0.39 is 0 Å². The number of ether oxygens (including phenoxy) is 1. The first kappa shape index (κ1) is 12.5. The van der Waals surface area contributed by atoms with E-state index in [2.05, 4.69) is 19.1 Å². The number of hydrogen-bond acceptors (Lipinski definition) is 2. The van der Waals surface area contributed by atoms with E-state index >= 15 is 0 Å². The van der Waals surface area contributed by atoms with Crippen molar-refractivity contribution < 1.29 is 9.53 Å². The third-order valence-corrected chi connectivity index (χ3v) is 2.41. The Morgan fingerprint density at radius 1 is 1.25 bits per heavy atom. The zero-order valence-electron chi connectivity index (χ0n) is 10.3. The van der Waals surface area contributed by atoms with Gasteiger partial charge in [-0.2, -0.15) is 0 Å². The van der Waals surface area contributed by atoms with Gasteiger partial charge in [0.25, 0.3) is 0 Å². The van der Waals surface area contributed by atoms with E-state index in [9.17, 15) is 4.79 Å². The highest BCUT2D eigenvalue weighted by molar-refractivity contribution is 5.87. The molecule has 0 aliphatic carbocycles. The van der Waals surface area contributed by atoms with Crippen molar-refractivity contribution in [2.75, 3.05) is 6.61 Å². The molecule has 86 valence electrons. The molecule has 0 heterocycles. The minimum Gasteiger partial charge on any atom is -0.463 e. The number of esters is 1. The third kappa shape index (κ3) is 3.23. The van der Waals surface area contributed by atoms with Gasteiger partial charge in [0.2, 0.25) is 0 Å². The lowest BCUT2D eigenvalue weighted by molar-refractivity contribution is -0.137. The Kier molecular flexibility index (Phi) is 4.29. The van der Waals surface area contributed by atoms with Gasteiger partial charge in [0.1, 0.15) is 0 Å². The second kappa shape index (κ2) is 5.50. The molecular formula is C14H18O2. The highest BCUT2D eigenvalue weighted by Gasteiger charge is 2.01. The summed E-state index contributed by atoms with van der Waals surface area (Å²) in [7, 11) is 0. The van der Waals surface area contributed by atoms with Gasteiger partial charge in [0.15, 0.2) is 0 Å². The summed E-state index contributed by atoms with van der Waals surface area (Å²) in [5.41, 5.74) is 4.69. The molecule has 0 aliphatic rings. The molecule has 1 aromatic carbocycles. The summed E-state index contributed by atoms with van der Waals surface area (Å²) in [6, 6.07) is 4.22. The Bertz CT molecular complexity index is 394. The second-order valence-corrected chi connectivity index (χ2v) is 3.90. The highest BCUT2D eigenvalue weighted by Crippen LogP contribution is 2.17. The van der Waals surface area contributed by atoms with Crippen molar-refractivity contribution in [3.8, 4) is 0 Å². The summed E-state index contributed by atoms with van der Waals surface area (Å²) in [6.45, 7) is 8.37. The molecule has 16 heavy (non-hydrogen) atoms. The minimum absolute atomic E-state index is 0.290. The van der Waals surface area contributed by atoms with Gasteiger partial charge in [-0.1, -0.05) is 17.7 Å². The zero-order valence-corrected chi connectivity index (χ0v) is 10.3. The van der Waals surface area contributed by atoms with Gasteiger partial charge in [0, 0.05) is 6.08 Å². The molecule has 1 aromatic rings. The average Bonchev–Trinajstić information content (AvgIpc) is 2.16. The minimum atomic E-state index is -0.290. The maximum Gasteiger partial charge on any atom is 0.330 e. The Hall–Kier alpha value is -1.57. The summed E-state index contributed by atoms with van der Waals surface area (Å²) < 4.78 is 4.84. The van der Waals surface area contributed by atoms with E-state index in [1.54, 1.807) is 6.92 Å². The van der Waals surface area contributed by atoms with Gasteiger partial charge in [-0.15, -0.1) is 0 Å². The molecule has 0 saturated carbocycles. The molecule has 0 radical (unpaired) electrons. The van der Waals surface area contributed by atoms with Crippen molar-refractivity contribution in [3.63, 3.8) is 0 Å². The van der Waals surface area contributed by atoms with Crippen LogP contribution in [0.1, 0.15) is 29.2 Å². The standard InChI is InChI=1S/C14H18O2/c1-5-16-14(15)7-6-13-11(3)8-10(2)9-12(13)4/h6-9H,5H2,1-4H3/b7-6+. The van der Waals surface area contributed by atoms with Crippen molar-refractivity contribution in [2.24, 2.45) is 0 Å². The number of carbonyl (C=O) groups is 1. The van der Waals surface area contributed by atoms with Gasteiger partial charge >= 0.3 is 5.97 Å². The normalized spacial score (nSPS) is 10.8. The van der Waals surface area contributed by atoms with E-state index in [0.29, 0.717) is 6.61 Å². The Morgan fingerprint density at radius 2 is 1.81 bits per heavy atom. The number of hydrogen-bond donors (Lipinski definition) is 0. The zero-order chi connectivity index (χ0) is 12.1. The molecule has 0 atom stereocenters. The van der Waals surface area contributed by atoms with Crippen molar-refractivity contribution in [2.45, 2.75) is 27.7 Å². The lowest BCUT2D eigenvalue weighted by Crippen LogP contribution is -1.99. The van der Waals surface area contributed by atoms with Crippen LogP contribution < -0.4 is 0 Å². The number of carbonyl (C=O) groups excluding carboxylic acids is 1. The van der Waals surface area contributed by atoms with Gasteiger partial charge in [-0.05, 0) is 50.5 Å². The highest BCUT2D eigenvalue weighted by atomic mass is 16.5. The van der Waals surface area contributed by atoms with Crippen LogP contribution in [0.25, 0.3) is 6.08 Å². The predicted molar refractivity (Wildman–Crippen MR) is 66.3 cm³/mol. The lowest BCUT2D eigenvalue weighted by atomic mass is 9.99. The van der Waals surface area contributed by atoms with Crippen LogP contribution in [-0.2, 0) is 9.53 Å². The topological polar surface area (TPSA) is 26.3 Å². The summed E-state index contributed by atoms with van der Waals surface area (Å²) in [6.07, 6.45) is 3.30. The SMILES string of the molecule is CCOC(=O)/C=C/c1c(C)cc(C)cc1C. The predicted octanol–water partition coefficient (Wildman–Crippen LogP) is 3.19. The van der Waals surface area contributed by atoms with E-state index in [0.717, 1.165) is 5.56 Å². The first-order valence-corrected chi connectivity index (χ1v) is 5.47. The van der Waals surface area contributed by atoms with Gasteiger partial charge in [-0.25, -0.2) is 4.79 Å². The molecule has 0 unspecified atom stereocenters. The monoisotopic (exact) mass is 218 g/mol. The number of benzene rings is 1. The summed E-state index contributed by atoms with van der Waals surface area (Å²) in [4.78, 5) is 11.2. The fourth-order valence-electron chi connectivity index (χ4n) is 1.80. The molecule has 2 heteroatoms. The van der Waals surface area contributed by atoms with Gasteiger partial charge in [0.05, 0.1) is 6.61 Å². The van der Waals surface area contributed by atoms with Crippen molar-refractivity contribution in [3.05, 3.63) is 40.5 Å². The lowest BCUT2D eigenvalue weighted by Gasteiger charge is -2.06. The van der Waals surface area contributed by atoms with Gasteiger partial charge < -0.3 is 4.74 Å². The Morgan fingerprint density at radius 3 is 2.31 bits per heavy atom. The molecule has 0 bridgehead atoms. The van der Waals surface area contributed by atoms with Crippen LogP contribution in [0.15, 0.2) is 18.2 Å². The summed E-state index contributed by atoms with van der Waals surface area (Å²) >= 11 is 0. The molecule has 0 fully saturated rings. The van der Waals surface area contributed by atoms with E-state index in [4.69, 9.17) is 4.74 Å². The molecular weight excluding hydrogens is 200 g/mol. The Labute approximate surface area is 96.9 Å². The molecule has 1 rings (SSSR count). The molecule has 0 saturated heterocycles. The number of rotatable bonds is 3. The number of aryl methyl sites for hydroxylation is 3. The second-order valence-electron chi connectivity index (χ2n) is 3.90. The van der Waals surface area contributed by atoms with Crippen LogP contribution >= 0.6 is 0 Å². The van der Waals surface area contributed by atoms with Crippen molar-refractivity contribution in [1.82, 2.24) is 0 Å². The first-order chi connectivity index (χ1) is 7.54. The molecule has 0 aliphatic heterocycles. The quantitative estimate of drug-likeness (QED) is 0.575. The maximum atomic E-state index is 11.2. The fourth-order valence-corrected chi connectivity index (χ4v) is 1.80. The third-order valence-electron chi connectivity index (χ3n) is 2.41. The van der Waals surface area contributed by atoms with E-state index in [1.165, 1.54) is 22.8 Å². The van der Waals surface area contributed by atoms with E-state index in [1.807, 2.05) is 19.9 Å². The fraction of sp³-hybridized carbons (Fsp3) is 0.357. The van der Waals surface area contributed by atoms with Crippen molar-refractivity contribution >= 4 is 12.0 Å². The largest absolute Gasteiger partial charge is 0.463 e. The first-order valence-electron chi connectivity index (χ1n) is 5.47. The van der Waals surface area contributed by atoms with Crippen LogP contribution in [0.4, 0.5) is 0 Å². The van der Waals surface area contributed by atoms with E-state index in [-0.39, 0.29) is 5.97 Å². The molecule has 0 N–H and O–H groups in total. The maximum absolute atomic E-state index is 11.2. The molecule has 0 aromatic heterocycles. The smallest absolute Gasteiger partial charge is 0.330 e. The Balaban J connectivity index is 2.93. The van der Waals surface area contributed by atoms with Crippen molar-refractivity contribution in [1.29, 1.82) is 0 Å². The summed E-state index contributed by atoms with van der Waals surface area (Å²) in [5.74, 6) is -0.290. The average molecular weight is 218 g/mol.